The van der Waals surface area contributed by atoms with E-state index in [-0.39, 0.29) is 34.3 Å². The van der Waals surface area contributed by atoms with Gasteiger partial charge in [0.05, 0.1) is 5.92 Å². The maximum Gasteiger partial charge on any atom is 0.310 e. The maximum absolute atomic E-state index is 12.0. The molecule has 2 atom stereocenters. The Balaban J connectivity index is 1.93. The standard InChI is InChI=1S/C14H15Cl2NO2/c1-14(2)10(7-11(15)16)12(14)13(18)19-8-9-3-5-17-6-4-9/h3-7,10,12H,8H2,1-2H3. The molecule has 1 aliphatic carbocycles. The Kier molecular flexibility index (Phi) is 4.16. The monoisotopic (exact) mass is 299 g/mol. The van der Waals surface area contributed by atoms with E-state index < -0.39 is 0 Å². The Labute approximate surface area is 122 Å². The Morgan fingerprint density at radius 2 is 2.05 bits per heavy atom. The molecule has 0 N–H and O–H groups in total. The summed E-state index contributed by atoms with van der Waals surface area (Å²) in [5, 5.41) is 0. The van der Waals surface area contributed by atoms with Gasteiger partial charge in [0.1, 0.15) is 11.1 Å². The first-order valence-electron chi connectivity index (χ1n) is 6.01. The Morgan fingerprint density at radius 1 is 1.42 bits per heavy atom. The van der Waals surface area contributed by atoms with Crippen LogP contribution >= 0.6 is 23.2 Å². The second-order valence-electron chi connectivity index (χ2n) is 5.24. The number of allylic oxidation sites excluding steroid dienone is 1. The summed E-state index contributed by atoms with van der Waals surface area (Å²) >= 11 is 11.3. The predicted octanol–water partition coefficient (Wildman–Crippen LogP) is 3.72. The summed E-state index contributed by atoms with van der Waals surface area (Å²) in [7, 11) is 0. The van der Waals surface area contributed by atoms with Gasteiger partial charge in [0.2, 0.25) is 0 Å². The van der Waals surface area contributed by atoms with E-state index >= 15 is 0 Å². The molecule has 1 aliphatic rings. The molecule has 0 aliphatic heterocycles. The average molecular weight is 300 g/mol. The zero-order chi connectivity index (χ0) is 14.0. The molecular formula is C14H15Cl2NO2. The molecule has 0 aromatic carbocycles. The molecule has 1 saturated carbocycles. The van der Waals surface area contributed by atoms with Crippen molar-refractivity contribution in [3.63, 3.8) is 0 Å². The van der Waals surface area contributed by atoms with Gasteiger partial charge in [-0.3, -0.25) is 9.78 Å². The Bertz CT molecular complexity index is 495. The van der Waals surface area contributed by atoms with Crippen LogP contribution in [0.4, 0.5) is 0 Å². The second kappa shape index (κ2) is 5.51. The zero-order valence-corrected chi connectivity index (χ0v) is 12.3. The first-order chi connectivity index (χ1) is 8.93. The van der Waals surface area contributed by atoms with Gasteiger partial charge < -0.3 is 4.74 Å². The van der Waals surface area contributed by atoms with Crippen molar-refractivity contribution in [1.82, 2.24) is 4.98 Å². The minimum Gasteiger partial charge on any atom is -0.461 e. The number of halogens is 2. The summed E-state index contributed by atoms with van der Waals surface area (Å²) in [5.41, 5.74) is 0.772. The van der Waals surface area contributed by atoms with Crippen LogP contribution in [-0.2, 0) is 16.1 Å². The van der Waals surface area contributed by atoms with Gasteiger partial charge >= 0.3 is 5.97 Å². The molecule has 0 saturated heterocycles. The number of hydrogen-bond donors (Lipinski definition) is 0. The number of carbonyl (C=O) groups is 1. The lowest BCUT2D eigenvalue weighted by Gasteiger charge is -2.05. The number of pyridine rings is 1. The fraction of sp³-hybridized carbons (Fsp3) is 0.429. The van der Waals surface area contributed by atoms with Crippen molar-refractivity contribution < 1.29 is 9.53 Å². The zero-order valence-electron chi connectivity index (χ0n) is 10.8. The van der Waals surface area contributed by atoms with Gasteiger partial charge in [-0.15, -0.1) is 0 Å². The highest BCUT2D eigenvalue weighted by atomic mass is 35.5. The number of hydrogen-bond acceptors (Lipinski definition) is 3. The first-order valence-corrected chi connectivity index (χ1v) is 6.77. The minimum absolute atomic E-state index is 0.0439. The predicted molar refractivity (Wildman–Crippen MR) is 74.6 cm³/mol. The van der Waals surface area contributed by atoms with Crippen LogP contribution in [0.5, 0.6) is 0 Å². The Morgan fingerprint density at radius 3 is 2.63 bits per heavy atom. The highest BCUT2D eigenvalue weighted by Gasteiger charge is 2.61. The van der Waals surface area contributed by atoms with E-state index in [9.17, 15) is 4.79 Å². The van der Waals surface area contributed by atoms with Crippen LogP contribution in [0.25, 0.3) is 0 Å². The summed E-state index contributed by atoms with van der Waals surface area (Å²) in [4.78, 5) is 15.9. The topological polar surface area (TPSA) is 39.2 Å². The van der Waals surface area contributed by atoms with Gasteiger partial charge in [-0.2, -0.15) is 0 Å². The minimum atomic E-state index is -0.211. The van der Waals surface area contributed by atoms with E-state index in [2.05, 4.69) is 4.98 Å². The third-order valence-corrected chi connectivity index (χ3v) is 3.85. The normalized spacial score (nSPS) is 23.6. The molecule has 5 heteroatoms. The van der Waals surface area contributed by atoms with Gasteiger partial charge in [-0.1, -0.05) is 37.0 Å². The molecular weight excluding hydrogens is 285 g/mol. The molecule has 2 unspecified atom stereocenters. The van der Waals surface area contributed by atoms with Crippen molar-refractivity contribution in [3.8, 4) is 0 Å². The number of aromatic nitrogens is 1. The van der Waals surface area contributed by atoms with Crippen LogP contribution in [0, 0.1) is 17.3 Å². The van der Waals surface area contributed by atoms with Gasteiger partial charge in [-0.25, -0.2) is 0 Å². The molecule has 0 spiro atoms. The van der Waals surface area contributed by atoms with Gasteiger partial charge in [0, 0.05) is 12.4 Å². The van der Waals surface area contributed by atoms with E-state index in [0.717, 1.165) is 5.56 Å². The molecule has 1 aromatic heterocycles. The van der Waals surface area contributed by atoms with Gasteiger partial charge in [-0.05, 0) is 35.1 Å². The largest absolute Gasteiger partial charge is 0.461 e. The van der Waals surface area contributed by atoms with Gasteiger partial charge in [0.25, 0.3) is 0 Å². The summed E-state index contributed by atoms with van der Waals surface area (Å²) in [6.45, 7) is 4.27. The van der Waals surface area contributed by atoms with Crippen molar-refractivity contribution in [2.45, 2.75) is 20.5 Å². The van der Waals surface area contributed by atoms with Crippen molar-refractivity contribution in [3.05, 3.63) is 40.7 Å². The van der Waals surface area contributed by atoms with Crippen molar-refractivity contribution in [2.24, 2.45) is 17.3 Å². The third-order valence-electron chi connectivity index (χ3n) is 3.60. The van der Waals surface area contributed by atoms with E-state index in [0.29, 0.717) is 0 Å². The van der Waals surface area contributed by atoms with Crippen molar-refractivity contribution in [2.75, 3.05) is 0 Å². The summed E-state index contributed by atoms with van der Waals surface area (Å²) in [6.07, 6.45) is 5.05. The lowest BCUT2D eigenvalue weighted by atomic mass is 10.1. The Hall–Kier alpha value is -1.06. The first kappa shape index (κ1) is 14.4. The lowest BCUT2D eigenvalue weighted by molar-refractivity contribution is -0.147. The molecule has 0 bridgehead atoms. The number of nitrogens with zero attached hydrogens (tertiary/aromatic N) is 1. The highest BCUT2D eigenvalue weighted by Crippen LogP contribution is 2.60. The number of carbonyl (C=O) groups excluding carboxylic acids is 1. The quantitative estimate of drug-likeness (QED) is 0.796. The molecule has 3 nitrogen and oxygen atoms in total. The molecule has 0 radical (unpaired) electrons. The fourth-order valence-corrected chi connectivity index (χ4v) is 2.57. The molecule has 19 heavy (non-hydrogen) atoms. The van der Waals surface area contributed by atoms with E-state index in [4.69, 9.17) is 27.9 Å². The number of rotatable bonds is 4. The van der Waals surface area contributed by atoms with Gasteiger partial charge in [0.15, 0.2) is 0 Å². The van der Waals surface area contributed by atoms with Crippen LogP contribution in [0.1, 0.15) is 19.4 Å². The molecule has 0 amide bonds. The average Bonchev–Trinajstić information content (AvgIpc) is 2.88. The van der Waals surface area contributed by atoms with Crippen LogP contribution < -0.4 is 0 Å². The SMILES string of the molecule is CC1(C)C(C=C(Cl)Cl)C1C(=O)OCc1ccncc1. The molecule has 1 aromatic rings. The summed E-state index contributed by atoms with van der Waals surface area (Å²) in [6, 6.07) is 3.64. The highest BCUT2D eigenvalue weighted by molar-refractivity contribution is 6.55. The second-order valence-corrected chi connectivity index (χ2v) is 6.25. The van der Waals surface area contributed by atoms with E-state index in [1.165, 1.54) is 0 Å². The van der Waals surface area contributed by atoms with Crippen molar-refractivity contribution >= 4 is 29.2 Å². The third kappa shape index (κ3) is 3.28. The van der Waals surface area contributed by atoms with Crippen molar-refractivity contribution in [1.29, 1.82) is 0 Å². The molecule has 1 fully saturated rings. The molecule has 102 valence electrons. The smallest absolute Gasteiger partial charge is 0.310 e. The van der Waals surface area contributed by atoms with Crippen LogP contribution in [0.15, 0.2) is 35.1 Å². The maximum atomic E-state index is 12.0. The number of ether oxygens (including phenoxy) is 1. The molecule has 1 heterocycles. The fourth-order valence-electron chi connectivity index (χ4n) is 2.30. The summed E-state index contributed by atoms with van der Waals surface area (Å²) < 4.78 is 5.51. The lowest BCUT2D eigenvalue weighted by Crippen LogP contribution is -2.10. The van der Waals surface area contributed by atoms with E-state index in [1.54, 1.807) is 18.5 Å². The van der Waals surface area contributed by atoms with E-state index in [1.807, 2.05) is 26.0 Å². The van der Waals surface area contributed by atoms with Crippen LogP contribution in [-0.4, -0.2) is 11.0 Å². The number of esters is 1. The molecule has 2 rings (SSSR count). The van der Waals surface area contributed by atoms with Crippen LogP contribution in [0.3, 0.4) is 0 Å². The van der Waals surface area contributed by atoms with Crippen LogP contribution in [0.2, 0.25) is 0 Å². The summed E-state index contributed by atoms with van der Waals surface area (Å²) in [5.74, 6) is -0.345.